The van der Waals surface area contributed by atoms with Gasteiger partial charge in [0.25, 0.3) is 0 Å². The highest BCUT2D eigenvalue weighted by molar-refractivity contribution is 5.91. The minimum atomic E-state index is 0.0689. The van der Waals surface area contributed by atoms with Gasteiger partial charge in [-0.15, -0.1) is 0 Å². The summed E-state index contributed by atoms with van der Waals surface area (Å²) in [5, 5.41) is 0. The molecule has 0 amide bonds. The lowest BCUT2D eigenvalue weighted by molar-refractivity contribution is 0.353. The maximum absolute atomic E-state index is 5.23. The molecule has 1 spiro atoms. The standard InChI is InChI=1S/C45H35N3/c1-4-13-31(14-5-1)33-21-25-35(26-22-33)42-46-43(36-27-23-34(24-28-36)32-15-6-2-7-16-32)48-44(47-42)38-18-12-20-40-41(38)37-17-8-9-19-39(37)45(40)29-10-3-11-30-45/h1-2,4-9,12-28H,3,10-11,29-30H2. The topological polar surface area (TPSA) is 38.7 Å². The van der Waals surface area contributed by atoms with E-state index < -0.39 is 0 Å². The van der Waals surface area contributed by atoms with Gasteiger partial charge < -0.3 is 0 Å². The number of fused-ring (bicyclic) bond motifs is 5. The molecule has 230 valence electrons. The molecule has 0 aliphatic heterocycles. The van der Waals surface area contributed by atoms with Crippen molar-refractivity contribution >= 4 is 0 Å². The first-order valence-corrected chi connectivity index (χ1v) is 17.1. The van der Waals surface area contributed by atoms with Gasteiger partial charge in [-0.05, 0) is 57.3 Å². The van der Waals surface area contributed by atoms with Gasteiger partial charge >= 0.3 is 0 Å². The van der Waals surface area contributed by atoms with E-state index in [1.807, 2.05) is 12.1 Å². The molecule has 1 fully saturated rings. The average molecular weight is 618 g/mol. The lowest BCUT2D eigenvalue weighted by Gasteiger charge is -2.36. The van der Waals surface area contributed by atoms with Gasteiger partial charge in [0.15, 0.2) is 17.5 Å². The second kappa shape index (κ2) is 11.8. The first-order chi connectivity index (χ1) is 23.8. The van der Waals surface area contributed by atoms with Gasteiger partial charge in [-0.2, -0.15) is 0 Å². The summed E-state index contributed by atoms with van der Waals surface area (Å²) in [6, 6.07) is 53.9. The van der Waals surface area contributed by atoms with Crippen molar-refractivity contribution in [1.29, 1.82) is 0 Å². The Labute approximate surface area is 282 Å². The largest absolute Gasteiger partial charge is 0.208 e. The Morgan fingerprint density at radius 3 is 1.35 bits per heavy atom. The molecule has 0 radical (unpaired) electrons. The van der Waals surface area contributed by atoms with Gasteiger partial charge in [-0.1, -0.05) is 171 Å². The summed E-state index contributed by atoms with van der Waals surface area (Å²) in [4.78, 5) is 15.6. The summed E-state index contributed by atoms with van der Waals surface area (Å²) in [5.74, 6) is 2.07. The van der Waals surface area contributed by atoms with Crippen molar-refractivity contribution in [2.24, 2.45) is 0 Å². The van der Waals surface area contributed by atoms with Crippen LogP contribution >= 0.6 is 0 Å². The third-order valence-electron chi connectivity index (χ3n) is 10.4. The average Bonchev–Trinajstić information content (AvgIpc) is 3.44. The Hall–Kier alpha value is -5.67. The van der Waals surface area contributed by atoms with Crippen LogP contribution in [0.2, 0.25) is 0 Å². The third-order valence-corrected chi connectivity index (χ3v) is 10.4. The van der Waals surface area contributed by atoms with E-state index in [2.05, 4.69) is 140 Å². The van der Waals surface area contributed by atoms with Gasteiger partial charge in [0.1, 0.15) is 0 Å². The van der Waals surface area contributed by atoms with E-state index in [0.29, 0.717) is 17.5 Å². The van der Waals surface area contributed by atoms with Crippen molar-refractivity contribution in [3.05, 3.63) is 163 Å². The molecule has 1 aromatic heterocycles. The summed E-state index contributed by atoms with van der Waals surface area (Å²) in [6.07, 6.45) is 6.21. The van der Waals surface area contributed by atoms with E-state index >= 15 is 0 Å². The maximum Gasteiger partial charge on any atom is 0.164 e. The van der Waals surface area contributed by atoms with Crippen LogP contribution < -0.4 is 0 Å². The smallest absolute Gasteiger partial charge is 0.164 e. The highest BCUT2D eigenvalue weighted by atomic mass is 15.0. The van der Waals surface area contributed by atoms with Gasteiger partial charge in [0.2, 0.25) is 0 Å². The zero-order valence-corrected chi connectivity index (χ0v) is 26.8. The van der Waals surface area contributed by atoms with Gasteiger partial charge in [-0.25, -0.2) is 15.0 Å². The Morgan fingerprint density at radius 2 is 0.771 bits per heavy atom. The molecule has 48 heavy (non-hydrogen) atoms. The van der Waals surface area contributed by atoms with Crippen molar-refractivity contribution in [3.8, 4) is 67.5 Å². The van der Waals surface area contributed by atoms with Crippen molar-refractivity contribution < 1.29 is 0 Å². The first kappa shape index (κ1) is 28.5. The highest BCUT2D eigenvalue weighted by Gasteiger charge is 2.44. The number of rotatable bonds is 5. The lowest BCUT2D eigenvalue weighted by atomic mass is 9.68. The molecular formula is C45H35N3. The van der Waals surface area contributed by atoms with Crippen molar-refractivity contribution in [2.75, 3.05) is 0 Å². The molecule has 0 N–H and O–H groups in total. The molecule has 2 aliphatic carbocycles. The van der Waals surface area contributed by atoms with Crippen molar-refractivity contribution in [2.45, 2.75) is 37.5 Å². The molecule has 0 atom stereocenters. The van der Waals surface area contributed by atoms with E-state index in [-0.39, 0.29) is 5.41 Å². The summed E-state index contributed by atoms with van der Waals surface area (Å²) in [7, 11) is 0. The fourth-order valence-electron chi connectivity index (χ4n) is 8.02. The lowest BCUT2D eigenvalue weighted by Crippen LogP contribution is -2.27. The molecule has 0 bridgehead atoms. The maximum atomic E-state index is 5.23. The van der Waals surface area contributed by atoms with Gasteiger partial charge in [0.05, 0.1) is 0 Å². The molecule has 3 heteroatoms. The fourth-order valence-corrected chi connectivity index (χ4v) is 8.02. The second-order valence-corrected chi connectivity index (χ2v) is 13.1. The van der Waals surface area contributed by atoms with Crippen LogP contribution in [0.1, 0.15) is 43.2 Å². The van der Waals surface area contributed by atoms with Crippen LogP contribution in [0.3, 0.4) is 0 Å². The SMILES string of the molecule is c1ccc(-c2ccc(-c3nc(-c4ccc(-c5ccccc5)cc4)nc(-c4cccc5c4-c4ccccc4C54CCCCC4)n3)cc2)cc1. The van der Waals surface area contributed by atoms with Crippen molar-refractivity contribution in [1.82, 2.24) is 15.0 Å². The molecule has 6 aromatic carbocycles. The zero-order valence-electron chi connectivity index (χ0n) is 26.8. The van der Waals surface area contributed by atoms with Gasteiger partial charge in [0, 0.05) is 22.1 Å². The Balaban J connectivity index is 1.21. The van der Waals surface area contributed by atoms with Crippen LogP contribution in [0.25, 0.3) is 67.5 Å². The van der Waals surface area contributed by atoms with E-state index in [0.717, 1.165) is 16.7 Å². The predicted octanol–water partition coefficient (Wildman–Crippen LogP) is 11.4. The van der Waals surface area contributed by atoms with Crippen molar-refractivity contribution in [3.63, 3.8) is 0 Å². The molecule has 0 saturated heterocycles. The number of benzene rings is 6. The van der Waals surface area contributed by atoms with Crippen LogP contribution in [-0.4, -0.2) is 15.0 Å². The summed E-state index contributed by atoms with van der Waals surface area (Å²) in [6.45, 7) is 0. The van der Waals surface area contributed by atoms with E-state index in [4.69, 9.17) is 15.0 Å². The second-order valence-electron chi connectivity index (χ2n) is 13.1. The molecule has 0 unspecified atom stereocenters. The van der Waals surface area contributed by atoms with E-state index in [1.165, 1.54) is 76.6 Å². The summed E-state index contributed by atoms with van der Waals surface area (Å²) in [5.41, 5.74) is 13.3. The molecule has 3 nitrogen and oxygen atoms in total. The summed E-state index contributed by atoms with van der Waals surface area (Å²) >= 11 is 0. The Morgan fingerprint density at radius 1 is 0.333 bits per heavy atom. The number of aromatic nitrogens is 3. The Bertz CT molecular complexity index is 2130. The van der Waals surface area contributed by atoms with Crippen LogP contribution in [0.5, 0.6) is 0 Å². The van der Waals surface area contributed by atoms with Crippen LogP contribution in [0.4, 0.5) is 0 Å². The minimum Gasteiger partial charge on any atom is -0.208 e. The zero-order chi connectivity index (χ0) is 31.9. The number of hydrogen-bond donors (Lipinski definition) is 0. The molecule has 1 saturated carbocycles. The molecule has 2 aliphatic rings. The van der Waals surface area contributed by atoms with E-state index in [1.54, 1.807) is 0 Å². The molecule has 1 heterocycles. The first-order valence-electron chi connectivity index (χ1n) is 17.1. The fraction of sp³-hybridized carbons (Fsp3) is 0.133. The van der Waals surface area contributed by atoms with Crippen LogP contribution in [0, 0.1) is 0 Å². The number of nitrogens with zero attached hydrogens (tertiary/aromatic N) is 3. The third kappa shape index (κ3) is 4.86. The molecule has 9 rings (SSSR count). The summed E-state index contributed by atoms with van der Waals surface area (Å²) < 4.78 is 0. The Kier molecular flexibility index (Phi) is 7.04. The quantitative estimate of drug-likeness (QED) is 0.193. The van der Waals surface area contributed by atoms with Gasteiger partial charge in [-0.3, -0.25) is 0 Å². The predicted molar refractivity (Wildman–Crippen MR) is 196 cm³/mol. The number of hydrogen-bond acceptors (Lipinski definition) is 3. The van der Waals surface area contributed by atoms with Crippen LogP contribution in [0.15, 0.2) is 152 Å². The van der Waals surface area contributed by atoms with Crippen LogP contribution in [-0.2, 0) is 5.41 Å². The monoisotopic (exact) mass is 617 g/mol. The molecule has 7 aromatic rings. The normalized spacial score (nSPS) is 14.4. The highest BCUT2D eigenvalue weighted by Crippen LogP contribution is 2.57. The molecular weight excluding hydrogens is 583 g/mol. The minimum absolute atomic E-state index is 0.0689. The van der Waals surface area contributed by atoms with E-state index in [9.17, 15) is 0 Å².